The molecule has 2 saturated heterocycles. The average Bonchev–Trinajstić information content (AvgIpc) is 3.66. The summed E-state index contributed by atoms with van der Waals surface area (Å²) in [7, 11) is 0. The molecular formula is C32H41N7O2. The highest BCUT2D eigenvalue weighted by Crippen LogP contribution is 2.37. The summed E-state index contributed by atoms with van der Waals surface area (Å²) in [5, 5.41) is 9.52. The number of amides is 1. The molecule has 9 heteroatoms. The van der Waals surface area contributed by atoms with Gasteiger partial charge in [-0.1, -0.05) is 31.7 Å². The molecule has 0 unspecified atom stereocenters. The minimum absolute atomic E-state index is 0.121. The van der Waals surface area contributed by atoms with Crippen molar-refractivity contribution in [1.82, 2.24) is 19.8 Å². The van der Waals surface area contributed by atoms with E-state index >= 15 is 0 Å². The first-order valence-electron chi connectivity index (χ1n) is 15.3. The quantitative estimate of drug-likeness (QED) is 0.458. The van der Waals surface area contributed by atoms with Gasteiger partial charge in [-0.2, -0.15) is 15.2 Å². The summed E-state index contributed by atoms with van der Waals surface area (Å²) >= 11 is 0. The van der Waals surface area contributed by atoms with Crippen molar-refractivity contribution < 1.29 is 9.53 Å². The smallest absolute Gasteiger partial charge is 0.318 e. The van der Waals surface area contributed by atoms with E-state index in [1.54, 1.807) is 4.90 Å². The van der Waals surface area contributed by atoms with Gasteiger partial charge in [0.15, 0.2) is 0 Å². The SMILES string of the molecule is C=CC(=O)N1CCN(c2nc(OC[C@@H]3CCCN3CC)nc3c2CC[C@@H](N2CCc4ccccc42)C3)C[C@@H]1CC#N. The molecule has 0 N–H and O–H groups in total. The first-order valence-corrected chi connectivity index (χ1v) is 15.3. The van der Waals surface area contributed by atoms with E-state index in [0.29, 0.717) is 44.3 Å². The van der Waals surface area contributed by atoms with Crippen molar-refractivity contribution in [2.45, 2.75) is 70.0 Å². The Bertz CT molecular complexity index is 1320. The number of benzene rings is 1. The van der Waals surface area contributed by atoms with Crippen molar-refractivity contribution in [2.75, 3.05) is 55.7 Å². The van der Waals surface area contributed by atoms with Gasteiger partial charge in [-0.05, 0) is 62.9 Å². The number of para-hydroxylation sites is 1. The van der Waals surface area contributed by atoms with Crippen molar-refractivity contribution in [2.24, 2.45) is 0 Å². The van der Waals surface area contributed by atoms with Crippen LogP contribution < -0.4 is 14.5 Å². The Labute approximate surface area is 243 Å². The second-order valence-electron chi connectivity index (χ2n) is 11.7. The number of anilines is 2. The second kappa shape index (κ2) is 12.1. The Morgan fingerprint density at radius 2 is 2.02 bits per heavy atom. The van der Waals surface area contributed by atoms with Gasteiger partial charge in [0.2, 0.25) is 5.91 Å². The monoisotopic (exact) mass is 555 g/mol. The van der Waals surface area contributed by atoms with Crippen LogP contribution in [0.25, 0.3) is 0 Å². The third-order valence-electron chi connectivity index (χ3n) is 9.45. The number of carbonyl (C=O) groups excluding carboxylic acids is 1. The molecule has 0 spiro atoms. The van der Waals surface area contributed by atoms with Gasteiger partial charge in [-0.25, -0.2) is 0 Å². The normalized spacial score (nSPS) is 24.1. The first kappa shape index (κ1) is 27.5. The number of carbonyl (C=O) groups is 1. The largest absolute Gasteiger partial charge is 0.462 e. The topological polar surface area (TPSA) is 88.8 Å². The number of fused-ring (bicyclic) bond motifs is 2. The summed E-state index contributed by atoms with van der Waals surface area (Å²) in [6.45, 7) is 11.4. The fourth-order valence-corrected chi connectivity index (χ4v) is 7.30. The predicted octanol–water partition coefficient (Wildman–Crippen LogP) is 3.38. The number of rotatable bonds is 8. The fourth-order valence-electron chi connectivity index (χ4n) is 7.30. The van der Waals surface area contributed by atoms with Crippen LogP contribution in [0.4, 0.5) is 11.5 Å². The van der Waals surface area contributed by atoms with Crippen LogP contribution in [-0.2, 0) is 24.1 Å². The van der Waals surface area contributed by atoms with Gasteiger partial charge in [-0.15, -0.1) is 0 Å². The molecule has 2 fully saturated rings. The highest BCUT2D eigenvalue weighted by atomic mass is 16.5. The van der Waals surface area contributed by atoms with Gasteiger partial charge in [0, 0.05) is 55.9 Å². The van der Waals surface area contributed by atoms with Crippen molar-refractivity contribution >= 4 is 17.4 Å². The first-order chi connectivity index (χ1) is 20.1. The Kier molecular flexibility index (Phi) is 8.11. The molecule has 0 saturated carbocycles. The van der Waals surface area contributed by atoms with Crippen LogP contribution in [0.3, 0.4) is 0 Å². The molecule has 216 valence electrons. The Balaban J connectivity index is 1.28. The number of ether oxygens (including phenoxy) is 1. The molecular weight excluding hydrogens is 514 g/mol. The number of hydrogen-bond donors (Lipinski definition) is 0. The Morgan fingerprint density at radius 3 is 2.85 bits per heavy atom. The Hall–Kier alpha value is -3.64. The molecule has 1 amide bonds. The van der Waals surface area contributed by atoms with Gasteiger partial charge in [0.25, 0.3) is 0 Å². The van der Waals surface area contributed by atoms with E-state index in [1.165, 1.54) is 29.3 Å². The van der Waals surface area contributed by atoms with Crippen molar-refractivity contribution in [3.8, 4) is 12.1 Å². The van der Waals surface area contributed by atoms with Crippen molar-refractivity contribution in [1.29, 1.82) is 5.26 Å². The van der Waals surface area contributed by atoms with Gasteiger partial charge >= 0.3 is 6.01 Å². The molecule has 1 aromatic carbocycles. The Morgan fingerprint density at radius 1 is 1.15 bits per heavy atom. The lowest BCUT2D eigenvalue weighted by atomic mass is 9.90. The van der Waals surface area contributed by atoms with Crippen LogP contribution >= 0.6 is 0 Å². The van der Waals surface area contributed by atoms with Gasteiger partial charge in [-0.3, -0.25) is 9.69 Å². The molecule has 0 bridgehead atoms. The summed E-state index contributed by atoms with van der Waals surface area (Å²) in [5.41, 5.74) is 5.05. The lowest BCUT2D eigenvalue weighted by molar-refractivity contribution is -0.128. The van der Waals surface area contributed by atoms with E-state index in [4.69, 9.17) is 14.7 Å². The zero-order valence-electron chi connectivity index (χ0n) is 24.2. The van der Waals surface area contributed by atoms with E-state index in [-0.39, 0.29) is 18.4 Å². The van der Waals surface area contributed by atoms with Gasteiger partial charge in [0.05, 0.1) is 24.2 Å². The van der Waals surface area contributed by atoms with E-state index < -0.39 is 0 Å². The molecule has 4 heterocycles. The molecule has 3 aliphatic heterocycles. The number of nitriles is 1. The molecule has 3 atom stereocenters. The minimum atomic E-state index is -0.205. The third-order valence-corrected chi connectivity index (χ3v) is 9.45. The van der Waals surface area contributed by atoms with Crippen molar-refractivity contribution in [3.63, 3.8) is 0 Å². The lowest BCUT2D eigenvalue weighted by Gasteiger charge is -2.42. The number of hydrogen-bond acceptors (Lipinski definition) is 8. The summed E-state index contributed by atoms with van der Waals surface area (Å²) in [6.07, 6.45) is 7.85. The van der Waals surface area contributed by atoms with Crippen LogP contribution in [0.2, 0.25) is 0 Å². The maximum absolute atomic E-state index is 12.5. The molecule has 41 heavy (non-hydrogen) atoms. The van der Waals surface area contributed by atoms with Gasteiger partial charge < -0.3 is 19.4 Å². The lowest BCUT2D eigenvalue weighted by Crippen LogP contribution is -2.55. The van der Waals surface area contributed by atoms with Gasteiger partial charge in [0.1, 0.15) is 12.4 Å². The highest BCUT2D eigenvalue weighted by molar-refractivity contribution is 5.87. The van der Waals surface area contributed by atoms with Crippen LogP contribution in [0, 0.1) is 11.3 Å². The fraction of sp³-hybridized carbons (Fsp3) is 0.562. The number of aromatic nitrogens is 2. The number of piperazine rings is 1. The standard InChI is InChI=1S/C32H41N7O2/c1-3-30(40)39-19-18-37(21-25(39)13-15-33)31-27-12-11-24(38-17-14-23-8-5-6-10-29(23)38)20-28(27)34-32(35-31)41-22-26-9-7-16-36(26)4-2/h3,5-6,8,10,24-26H,1,4,7,9,11-14,16-22H2,2H3/t24-,25+,26+/m1/s1. The number of likely N-dealkylation sites (tertiary alicyclic amines) is 1. The second-order valence-corrected chi connectivity index (χ2v) is 11.7. The highest BCUT2D eigenvalue weighted by Gasteiger charge is 2.36. The molecule has 1 aliphatic carbocycles. The third kappa shape index (κ3) is 5.50. The average molecular weight is 556 g/mol. The summed E-state index contributed by atoms with van der Waals surface area (Å²) in [5.74, 6) is 0.794. The van der Waals surface area contributed by atoms with Crippen LogP contribution in [0.5, 0.6) is 6.01 Å². The molecule has 6 rings (SSSR count). The maximum atomic E-state index is 12.5. The van der Waals surface area contributed by atoms with Crippen LogP contribution in [0.15, 0.2) is 36.9 Å². The van der Waals surface area contributed by atoms with E-state index in [0.717, 1.165) is 63.3 Å². The molecule has 0 radical (unpaired) electrons. The zero-order chi connectivity index (χ0) is 28.3. The van der Waals surface area contributed by atoms with Crippen LogP contribution in [-0.4, -0.2) is 89.7 Å². The summed E-state index contributed by atoms with van der Waals surface area (Å²) in [6, 6.07) is 12.1. The maximum Gasteiger partial charge on any atom is 0.318 e. The molecule has 1 aromatic heterocycles. The summed E-state index contributed by atoms with van der Waals surface area (Å²) < 4.78 is 6.35. The van der Waals surface area contributed by atoms with E-state index in [2.05, 4.69) is 58.5 Å². The molecule has 9 nitrogen and oxygen atoms in total. The van der Waals surface area contributed by atoms with E-state index in [9.17, 15) is 10.1 Å². The minimum Gasteiger partial charge on any atom is -0.462 e. The van der Waals surface area contributed by atoms with Crippen molar-refractivity contribution in [3.05, 3.63) is 53.7 Å². The number of nitrogens with zero attached hydrogens (tertiary/aromatic N) is 7. The molecule has 2 aromatic rings. The predicted molar refractivity (Wildman–Crippen MR) is 159 cm³/mol. The van der Waals surface area contributed by atoms with Crippen LogP contribution in [0.1, 0.15) is 49.4 Å². The zero-order valence-corrected chi connectivity index (χ0v) is 24.2. The number of likely N-dealkylation sites (N-methyl/N-ethyl adjacent to an activating group) is 1. The summed E-state index contributed by atoms with van der Waals surface area (Å²) in [4.78, 5) is 31.6. The molecule has 4 aliphatic rings. The van der Waals surface area contributed by atoms with E-state index in [1.807, 2.05) is 0 Å².